The lowest BCUT2D eigenvalue weighted by atomic mass is 10.0. The van der Waals surface area contributed by atoms with Gasteiger partial charge in [0.15, 0.2) is 11.5 Å². The predicted octanol–water partition coefficient (Wildman–Crippen LogP) is 0.889. The molecule has 0 bridgehead atoms. The van der Waals surface area contributed by atoms with Gasteiger partial charge in [0, 0.05) is 19.1 Å². The van der Waals surface area contributed by atoms with Gasteiger partial charge in [0.1, 0.15) is 11.8 Å². The number of H-pyrrole nitrogens is 1. The fourth-order valence-electron chi connectivity index (χ4n) is 2.87. The fraction of sp³-hybridized carbons (Fsp3) is 0.571. The maximum Gasteiger partial charge on any atom is 0.239 e. The monoisotopic (exact) mass is 375 g/mol. The number of carbonyl (C=O) groups is 1. The molecule has 1 fully saturated rings. The van der Waals surface area contributed by atoms with Crippen LogP contribution in [0.15, 0.2) is 12.7 Å². The van der Waals surface area contributed by atoms with Gasteiger partial charge in [-0.25, -0.2) is 15.0 Å². The summed E-state index contributed by atoms with van der Waals surface area (Å²) in [5, 5.41) is 6.48. The first kappa shape index (κ1) is 20.4. The predicted molar refractivity (Wildman–Crippen MR) is 98.1 cm³/mol. The highest BCUT2D eigenvalue weighted by molar-refractivity contribution is 5.87. The van der Waals surface area contributed by atoms with Crippen LogP contribution in [0.2, 0.25) is 0 Å². The van der Waals surface area contributed by atoms with Gasteiger partial charge in [0.25, 0.3) is 0 Å². The van der Waals surface area contributed by atoms with Crippen LogP contribution in [0.5, 0.6) is 0 Å². The number of nitrogens with zero attached hydrogens (tertiary/aromatic N) is 4. The quantitative estimate of drug-likeness (QED) is 0.733. The van der Waals surface area contributed by atoms with Crippen molar-refractivity contribution in [2.45, 2.75) is 31.8 Å². The fourth-order valence-corrected chi connectivity index (χ4v) is 2.87. The zero-order chi connectivity index (χ0) is 15.5. The molecule has 0 saturated carbocycles. The number of piperidine rings is 1. The summed E-state index contributed by atoms with van der Waals surface area (Å²) >= 11 is 0. The van der Waals surface area contributed by atoms with Gasteiger partial charge in [-0.05, 0) is 26.3 Å². The number of carbonyl (C=O) groups excluding carboxylic acids is 1. The van der Waals surface area contributed by atoms with Gasteiger partial charge in [-0.2, -0.15) is 0 Å². The van der Waals surface area contributed by atoms with E-state index in [9.17, 15) is 4.79 Å². The Hall–Kier alpha value is -1.64. The topological polar surface area (TPSA) is 98.8 Å². The SMILES string of the molecule is CC1CC(NC(=O)CN(C)c2ncnc3nc[nH]c23)CCN1.Cl.Cl. The van der Waals surface area contributed by atoms with Gasteiger partial charge in [-0.3, -0.25) is 4.79 Å². The smallest absolute Gasteiger partial charge is 0.239 e. The molecule has 1 aliphatic rings. The number of likely N-dealkylation sites (N-methyl/N-ethyl adjacent to an activating group) is 1. The number of hydrogen-bond acceptors (Lipinski definition) is 6. The van der Waals surface area contributed by atoms with E-state index in [0.29, 0.717) is 17.5 Å². The summed E-state index contributed by atoms with van der Waals surface area (Å²) in [6, 6.07) is 0.693. The Morgan fingerprint density at radius 1 is 1.38 bits per heavy atom. The molecule has 3 N–H and O–H groups in total. The summed E-state index contributed by atoms with van der Waals surface area (Å²) in [5.41, 5.74) is 1.35. The van der Waals surface area contributed by atoms with Gasteiger partial charge >= 0.3 is 0 Å². The number of aromatic amines is 1. The summed E-state index contributed by atoms with van der Waals surface area (Å²) in [6.45, 7) is 3.34. The van der Waals surface area contributed by atoms with Crippen molar-refractivity contribution in [3.8, 4) is 0 Å². The zero-order valence-corrected chi connectivity index (χ0v) is 15.3. The molecule has 2 aromatic rings. The van der Waals surface area contributed by atoms with Gasteiger partial charge in [0.05, 0.1) is 12.9 Å². The first-order valence-corrected chi connectivity index (χ1v) is 7.51. The number of fused-ring (bicyclic) bond motifs is 1. The average molecular weight is 376 g/mol. The molecule has 0 aromatic carbocycles. The second-order valence-electron chi connectivity index (χ2n) is 5.80. The molecule has 0 aliphatic carbocycles. The number of rotatable bonds is 4. The van der Waals surface area contributed by atoms with Crippen LogP contribution >= 0.6 is 24.8 Å². The molecule has 0 radical (unpaired) electrons. The molecule has 2 unspecified atom stereocenters. The summed E-state index contributed by atoms with van der Waals surface area (Å²) in [5.74, 6) is 0.684. The zero-order valence-electron chi connectivity index (χ0n) is 13.7. The molecule has 1 amide bonds. The lowest BCUT2D eigenvalue weighted by molar-refractivity contribution is -0.120. The number of hydrogen-bond donors (Lipinski definition) is 3. The van der Waals surface area contributed by atoms with E-state index in [1.165, 1.54) is 6.33 Å². The molecule has 3 heterocycles. The molecule has 3 rings (SSSR count). The van der Waals surface area contributed by atoms with Crippen molar-refractivity contribution in [1.82, 2.24) is 30.6 Å². The molecule has 0 spiro atoms. The van der Waals surface area contributed by atoms with Gasteiger partial charge in [-0.15, -0.1) is 24.8 Å². The molecule has 8 nitrogen and oxygen atoms in total. The van der Waals surface area contributed by atoms with Crippen LogP contribution in [-0.2, 0) is 4.79 Å². The van der Waals surface area contributed by atoms with Crippen LogP contribution in [0.25, 0.3) is 11.2 Å². The maximum atomic E-state index is 12.2. The largest absolute Gasteiger partial charge is 0.352 e. The van der Waals surface area contributed by atoms with E-state index in [2.05, 4.69) is 37.5 Å². The molecule has 24 heavy (non-hydrogen) atoms. The summed E-state index contributed by atoms with van der Waals surface area (Å²) in [7, 11) is 1.84. The van der Waals surface area contributed by atoms with Gasteiger partial charge in [0.2, 0.25) is 5.91 Å². The highest BCUT2D eigenvalue weighted by Crippen LogP contribution is 2.17. The number of anilines is 1. The number of halogens is 2. The van der Waals surface area contributed by atoms with E-state index in [1.807, 2.05) is 11.9 Å². The molecule has 10 heteroatoms. The first-order valence-electron chi connectivity index (χ1n) is 7.51. The highest BCUT2D eigenvalue weighted by Gasteiger charge is 2.21. The molecule has 2 atom stereocenters. The Kier molecular flexibility index (Phi) is 7.65. The van der Waals surface area contributed by atoms with E-state index in [-0.39, 0.29) is 43.3 Å². The highest BCUT2D eigenvalue weighted by atomic mass is 35.5. The summed E-state index contributed by atoms with van der Waals surface area (Å²) in [4.78, 5) is 29.5. The molecular formula is C14H23Cl2N7O. The van der Waals surface area contributed by atoms with Crippen LogP contribution in [0.4, 0.5) is 5.82 Å². The van der Waals surface area contributed by atoms with E-state index in [4.69, 9.17) is 0 Å². The minimum absolute atomic E-state index is 0. The number of imidazole rings is 1. The second-order valence-corrected chi connectivity index (χ2v) is 5.80. The summed E-state index contributed by atoms with van der Waals surface area (Å²) in [6.07, 6.45) is 4.97. The van der Waals surface area contributed by atoms with Gasteiger partial charge < -0.3 is 20.5 Å². The van der Waals surface area contributed by atoms with Crippen molar-refractivity contribution in [3.63, 3.8) is 0 Å². The van der Waals surface area contributed by atoms with Crippen LogP contribution in [0, 0.1) is 0 Å². The molecular weight excluding hydrogens is 353 g/mol. The Balaban J connectivity index is 0.00000144. The number of nitrogens with one attached hydrogen (secondary N) is 3. The first-order chi connectivity index (χ1) is 10.6. The second kappa shape index (κ2) is 9.00. The van der Waals surface area contributed by atoms with Crippen molar-refractivity contribution in [2.75, 3.05) is 25.0 Å². The van der Waals surface area contributed by atoms with E-state index in [1.54, 1.807) is 6.33 Å². The molecule has 1 aliphatic heterocycles. The third kappa shape index (κ3) is 4.68. The maximum absolute atomic E-state index is 12.2. The Morgan fingerprint density at radius 3 is 2.92 bits per heavy atom. The third-order valence-electron chi connectivity index (χ3n) is 3.93. The Bertz CT molecular complexity index is 665. The third-order valence-corrected chi connectivity index (χ3v) is 3.93. The van der Waals surface area contributed by atoms with Crippen molar-refractivity contribution < 1.29 is 4.79 Å². The normalized spacial score (nSPS) is 19.9. The van der Waals surface area contributed by atoms with Gasteiger partial charge in [-0.1, -0.05) is 0 Å². The number of amides is 1. The summed E-state index contributed by atoms with van der Waals surface area (Å²) < 4.78 is 0. The molecule has 2 aromatic heterocycles. The average Bonchev–Trinajstić information content (AvgIpc) is 2.95. The lowest BCUT2D eigenvalue weighted by Gasteiger charge is -2.29. The number of aromatic nitrogens is 4. The standard InChI is InChI=1S/C14H21N7O.2ClH/c1-9-5-10(3-4-15-9)20-11(22)6-21(2)14-12-13(17-7-16-12)18-8-19-14;;/h7-10,15H,3-6H2,1-2H3,(H,20,22)(H,16,17,18,19);2*1H. The van der Waals surface area contributed by atoms with Crippen molar-refractivity contribution in [2.24, 2.45) is 0 Å². The van der Waals surface area contributed by atoms with E-state index in [0.717, 1.165) is 24.9 Å². The van der Waals surface area contributed by atoms with Crippen LogP contribution in [-0.4, -0.2) is 58.1 Å². The van der Waals surface area contributed by atoms with E-state index < -0.39 is 0 Å². The van der Waals surface area contributed by atoms with Crippen LogP contribution < -0.4 is 15.5 Å². The minimum Gasteiger partial charge on any atom is -0.352 e. The molecule has 134 valence electrons. The van der Waals surface area contributed by atoms with Crippen molar-refractivity contribution in [1.29, 1.82) is 0 Å². The van der Waals surface area contributed by atoms with Crippen molar-refractivity contribution in [3.05, 3.63) is 12.7 Å². The Morgan fingerprint density at radius 2 is 2.17 bits per heavy atom. The van der Waals surface area contributed by atoms with E-state index >= 15 is 0 Å². The van der Waals surface area contributed by atoms with Crippen LogP contribution in [0.1, 0.15) is 19.8 Å². The van der Waals surface area contributed by atoms with Crippen LogP contribution in [0.3, 0.4) is 0 Å². The lowest BCUT2D eigenvalue weighted by Crippen LogP contribution is -2.48. The Labute approximate surface area is 153 Å². The molecule has 1 saturated heterocycles. The minimum atomic E-state index is 0. The van der Waals surface area contributed by atoms with Crippen molar-refractivity contribution >= 4 is 47.7 Å².